The van der Waals surface area contributed by atoms with Crippen LogP contribution in [0.3, 0.4) is 0 Å². The molecule has 0 heterocycles. The number of phosphoric ester groups is 1. The predicted molar refractivity (Wildman–Crippen MR) is 124 cm³/mol. The second-order valence-electron chi connectivity index (χ2n) is 8.57. The fraction of sp³-hybridized carbons (Fsp3) is 1.00. The van der Waals surface area contributed by atoms with Gasteiger partial charge >= 0.3 is 16.1 Å². The molecule has 188 valence electrons. The predicted octanol–water partition coefficient (Wildman–Crippen LogP) is 5.85. The van der Waals surface area contributed by atoms with Gasteiger partial charge in [-0.1, -0.05) is 53.4 Å². The monoisotopic (exact) mass is 488 g/mol. The lowest BCUT2D eigenvalue weighted by Crippen LogP contribution is -2.25. The zero-order chi connectivity index (χ0) is 23.8. The molecule has 0 aliphatic carbocycles. The normalized spacial score (nSPS) is 14.2. The van der Waals surface area contributed by atoms with Crippen LogP contribution in [0, 0.1) is 10.8 Å². The molecule has 0 saturated heterocycles. The first-order valence-electron chi connectivity index (χ1n) is 11.7. The molecule has 8 nitrogen and oxygen atoms in total. The van der Waals surface area contributed by atoms with Crippen LogP contribution in [0.5, 0.6) is 0 Å². The van der Waals surface area contributed by atoms with Gasteiger partial charge < -0.3 is 23.9 Å². The maximum Gasteiger partial charge on any atom is 0.469 e. The van der Waals surface area contributed by atoms with Gasteiger partial charge in [0.2, 0.25) is 0 Å². The third-order valence-corrected chi connectivity index (χ3v) is 7.80. The third kappa shape index (κ3) is 14.9. The molecular weight excluding hydrogens is 442 g/mol. The van der Waals surface area contributed by atoms with Crippen molar-refractivity contribution in [3.05, 3.63) is 0 Å². The topological polar surface area (TPSA) is 123 Å². The summed E-state index contributed by atoms with van der Waals surface area (Å²) in [6.07, 6.45) is 10.3. The maximum atomic E-state index is 11.0. The molecule has 0 amide bonds. The molecule has 31 heavy (non-hydrogen) atoms. The van der Waals surface area contributed by atoms with Gasteiger partial charge in [-0.2, -0.15) is 0 Å². The highest BCUT2D eigenvalue weighted by molar-refractivity contribution is 7.46. The summed E-state index contributed by atoms with van der Waals surface area (Å²) in [6.45, 7) is 10.2. The van der Waals surface area contributed by atoms with Crippen LogP contribution in [-0.2, 0) is 22.9 Å². The van der Waals surface area contributed by atoms with Crippen LogP contribution in [0.2, 0.25) is 0 Å². The Labute approximate surface area is 189 Å². The molecule has 3 N–H and O–H groups in total. The van der Waals surface area contributed by atoms with Gasteiger partial charge in [-0.3, -0.25) is 9.09 Å². The van der Waals surface area contributed by atoms with E-state index in [1.54, 1.807) is 0 Å². The third-order valence-electron chi connectivity index (χ3n) is 6.89. The van der Waals surface area contributed by atoms with E-state index in [2.05, 4.69) is 13.8 Å². The zero-order valence-electron chi connectivity index (χ0n) is 19.9. The minimum Gasteiger partial charge on any atom is -0.381 e. The molecule has 0 aromatic heterocycles. The van der Waals surface area contributed by atoms with Crippen molar-refractivity contribution in [3.8, 4) is 0 Å². The molecule has 0 fully saturated rings. The molecule has 0 aliphatic rings. The molecule has 10 heteroatoms. The largest absolute Gasteiger partial charge is 0.469 e. The summed E-state index contributed by atoms with van der Waals surface area (Å²) in [6, 6.07) is 0. The molecule has 0 radical (unpaired) electrons. The van der Waals surface area contributed by atoms with Gasteiger partial charge in [0.15, 0.2) is 0 Å². The number of hydrogen-bond donors (Lipinski definition) is 3. The average molecular weight is 489 g/mol. The Kier molecular flexibility index (Phi) is 16.9. The molecule has 0 saturated carbocycles. The van der Waals surface area contributed by atoms with Crippen molar-refractivity contribution >= 4 is 16.1 Å². The van der Waals surface area contributed by atoms with Gasteiger partial charge in [0.25, 0.3) is 0 Å². The highest BCUT2D eigenvalue weighted by Crippen LogP contribution is 2.42. The summed E-state index contributed by atoms with van der Waals surface area (Å²) in [4.78, 5) is 26.8. The van der Waals surface area contributed by atoms with E-state index in [1.807, 2.05) is 13.8 Å². The van der Waals surface area contributed by atoms with E-state index in [9.17, 15) is 9.13 Å². The van der Waals surface area contributed by atoms with Gasteiger partial charge in [-0.05, 0) is 55.8 Å². The molecule has 0 aromatic rings. The van der Waals surface area contributed by atoms with Crippen LogP contribution in [0.4, 0.5) is 0 Å². The molecule has 1 atom stereocenters. The second-order valence-corrected chi connectivity index (χ2v) is 10.6. The van der Waals surface area contributed by atoms with Crippen LogP contribution in [0.1, 0.15) is 98.3 Å². The lowest BCUT2D eigenvalue weighted by molar-refractivity contribution is 0.0809. The Morgan fingerprint density at radius 2 is 1.26 bits per heavy atom. The highest BCUT2D eigenvalue weighted by atomic mass is 31.2. The van der Waals surface area contributed by atoms with Crippen molar-refractivity contribution in [3.63, 3.8) is 0 Å². The van der Waals surface area contributed by atoms with Crippen molar-refractivity contribution in [1.82, 2.24) is 0 Å². The Morgan fingerprint density at radius 1 is 0.774 bits per heavy atom. The molecular formula is C21H46O8P2. The zero-order valence-corrected chi connectivity index (χ0v) is 21.8. The first kappa shape index (κ1) is 31.2. The number of unbranched alkanes of at least 4 members (excludes halogenated alkanes) is 2. The Balaban J connectivity index is 4.05. The fourth-order valence-electron chi connectivity index (χ4n) is 4.05. The van der Waals surface area contributed by atoms with Gasteiger partial charge in [0, 0.05) is 13.2 Å². The second kappa shape index (κ2) is 16.8. The van der Waals surface area contributed by atoms with Crippen LogP contribution in [-0.4, -0.2) is 41.1 Å². The Bertz CT molecular complexity index is 516. The number of hydrogen-bond acceptors (Lipinski definition) is 5. The summed E-state index contributed by atoms with van der Waals surface area (Å²) in [5.41, 5.74) is -0.0332. The molecule has 1 unspecified atom stereocenters. The van der Waals surface area contributed by atoms with Crippen LogP contribution in [0.25, 0.3) is 0 Å². The lowest BCUT2D eigenvalue weighted by Gasteiger charge is -2.31. The Morgan fingerprint density at radius 3 is 1.68 bits per heavy atom. The number of phosphoric acid groups is 1. The minimum atomic E-state index is -4.43. The fourth-order valence-corrected chi connectivity index (χ4v) is 4.77. The SMILES string of the molecule is CCC(CC)(CCCCOCCCCC(CC)(CC)COP(=O)(O)O)CCO[PH](=O)O. The number of rotatable bonds is 21. The van der Waals surface area contributed by atoms with Gasteiger partial charge in [-0.15, -0.1) is 0 Å². The summed E-state index contributed by atoms with van der Waals surface area (Å²) in [5.74, 6) is 0. The average Bonchev–Trinajstić information content (AvgIpc) is 2.73. The van der Waals surface area contributed by atoms with Crippen LogP contribution >= 0.6 is 16.1 Å². The van der Waals surface area contributed by atoms with Gasteiger partial charge in [-0.25, -0.2) is 4.57 Å². The van der Waals surface area contributed by atoms with Crippen molar-refractivity contribution < 1.29 is 37.6 Å². The molecule has 0 rings (SSSR count). The van der Waals surface area contributed by atoms with E-state index in [0.717, 1.165) is 77.2 Å². The van der Waals surface area contributed by atoms with Crippen molar-refractivity contribution in [2.75, 3.05) is 26.4 Å². The molecule has 0 spiro atoms. The van der Waals surface area contributed by atoms with E-state index in [1.165, 1.54) is 0 Å². The van der Waals surface area contributed by atoms with E-state index in [0.29, 0.717) is 13.2 Å². The van der Waals surface area contributed by atoms with Gasteiger partial charge in [0.1, 0.15) is 0 Å². The van der Waals surface area contributed by atoms with E-state index in [4.69, 9.17) is 28.5 Å². The quantitative estimate of drug-likeness (QED) is 0.136. The Hall–Kier alpha value is 0.220. The van der Waals surface area contributed by atoms with E-state index >= 15 is 0 Å². The minimum absolute atomic E-state index is 0.0855. The molecule has 0 aliphatic heterocycles. The van der Waals surface area contributed by atoms with E-state index in [-0.39, 0.29) is 17.4 Å². The van der Waals surface area contributed by atoms with E-state index < -0.39 is 16.1 Å². The summed E-state index contributed by atoms with van der Waals surface area (Å²) in [7, 11) is -7.28. The van der Waals surface area contributed by atoms with Crippen molar-refractivity contribution in [2.45, 2.75) is 98.3 Å². The lowest BCUT2D eigenvalue weighted by atomic mass is 9.75. The summed E-state index contributed by atoms with van der Waals surface area (Å²) >= 11 is 0. The van der Waals surface area contributed by atoms with Crippen molar-refractivity contribution in [2.24, 2.45) is 10.8 Å². The standard InChI is InChI=1S/C21H46O8P2/c1-5-20(6-2,15-18-28-30(22)23)13-9-11-16-27-17-12-10-14-21(7-3,8-4)19-29-31(24,25)26/h30H,5-19H2,1-4H3,(H,22,23)(H2,24,25,26). The molecule has 0 bridgehead atoms. The summed E-state index contributed by atoms with van der Waals surface area (Å²) in [5, 5.41) is 0. The smallest absolute Gasteiger partial charge is 0.381 e. The first-order valence-corrected chi connectivity index (χ1v) is 14.5. The van der Waals surface area contributed by atoms with Crippen LogP contribution in [0.15, 0.2) is 0 Å². The van der Waals surface area contributed by atoms with Gasteiger partial charge in [0.05, 0.1) is 13.2 Å². The highest BCUT2D eigenvalue weighted by Gasteiger charge is 2.29. The number of ether oxygens (including phenoxy) is 1. The summed E-state index contributed by atoms with van der Waals surface area (Å²) < 4.78 is 37.2. The van der Waals surface area contributed by atoms with Crippen molar-refractivity contribution in [1.29, 1.82) is 0 Å². The first-order chi connectivity index (χ1) is 14.6. The van der Waals surface area contributed by atoms with Crippen LogP contribution < -0.4 is 0 Å². The molecule has 0 aromatic carbocycles. The maximum absolute atomic E-state index is 11.0.